The lowest BCUT2D eigenvalue weighted by Crippen LogP contribution is -1.82. The van der Waals surface area contributed by atoms with Crippen molar-refractivity contribution >= 4 is 23.0 Å². The zero-order valence-corrected chi connectivity index (χ0v) is 6.77. The molecule has 0 N–H and O–H groups in total. The van der Waals surface area contributed by atoms with Crippen molar-refractivity contribution < 1.29 is 4.79 Å². The highest BCUT2D eigenvalue weighted by Crippen LogP contribution is 2.19. The third kappa shape index (κ3) is 0.685. The summed E-state index contributed by atoms with van der Waals surface area (Å²) >= 11 is 0. The molecule has 3 heteroatoms. The third-order valence-electron chi connectivity index (χ3n) is 2.29. The van der Waals surface area contributed by atoms with Crippen LogP contribution in [-0.2, 0) is 0 Å². The van der Waals surface area contributed by atoms with Crippen LogP contribution in [0.3, 0.4) is 0 Å². The second-order valence-electron chi connectivity index (χ2n) is 3.01. The Morgan fingerprint density at radius 1 is 1.38 bits per heavy atom. The maximum Gasteiger partial charge on any atom is 0.152 e. The number of carbonyl (C=O) groups excluding carboxylic acids is 1. The summed E-state index contributed by atoms with van der Waals surface area (Å²) in [6.07, 6.45) is 2.67. The first-order valence-corrected chi connectivity index (χ1v) is 4.04. The van der Waals surface area contributed by atoms with Gasteiger partial charge in [0.2, 0.25) is 0 Å². The zero-order chi connectivity index (χ0) is 8.84. The van der Waals surface area contributed by atoms with Crippen molar-refractivity contribution in [3.05, 3.63) is 36.0 Å². The topological polar surface area (TPSA) is 34.4 Å². The highest BCUT2D eigenvalue weighted by atomic mass is 16.1. The average molecular weight is 170 g/mol. The molecule has 3 aromatic heterocycles. The van der Waals surface area contributed by atoms with Gasteiger partial charge in [-0.2, -0.15) is 0 Å². The molecule has 0 bridgehead atoms. The van der Waals surface area contributed by atoms with E-state index in [1.807, 2.05) is 22.6 Å². The summed E-state index contributed by atoms with van der Waals surface area (Å²) in [5, 5.41) is 0. The van der Waals surface area contributed by atoms with Crippen LogP contribution < -0.4 is 0 Å². The number of pyridine rings is 1. The zero-order valence-electron chi connectivity index (χ0n) is 6.77. The third-order valence-corrected chi connectivity index (χ3v) is 2.29. The molecule has 3 aromatic rings. The summed E-state index contributed by atoms with van der Waals surface area (Å²) in [6, 6.07) is 7.63. The molecule has 0 aliphatic rings. The maximum absolute atomic E-state index is 10.7. The van der Waals surface area contributed by atoms with Gasteiger partial charge in [0, 0.05) is 5.56 Å². The average Bonchev–Trinajstić information content (AvgIpc) is 2.72. The van der Waals surface area contributed by atoms with Gasteiger partial charge in [0.1, 0.15) is 5.65 Å². The highest BCUT2D eigenvalue weighted by Gasteiger charge is 2.08. The SMILES string of the molecule is O=Cc1cc2ncc3cccc1n32. The second kappa shape index (κ2) is 2.07. The van der Waals surface area contributed by atoms with Crippen molar-refractivity contribution in [1.29, 1.82) is 0 Å². The Labute approximate surface area is 74.0 Å². The summed E-state index contributed by atoms with van der Waals surface area (Å²) in [6.45, 7) is 0. The Morgan fingerprint density at radius 3 is 3.15 bits per heavy atom. The molecule has 0 spiro atoms. The molecule has 0 aliphatic heterocycles. The molecule has 13 heavy (non-hydrogen) atoms. The van der Waals surface area contributed by atoms with E-state index in [4.69, 9.17) is 0 Å². The van der Waals surface area contributed by atoms with Crippen LogP contribution in [0.4, 0.5) is 0 Å². The van der Waals surface area contributed by atoms with E-state index >= 15 is 0 Å². The largest absolute Gasteiger partial charge is 0.298 e. The van der Waals surface area contributed by atoms with Crippen molar-refractivity contribution in [3.8, 4) is 0 Å². The Balaban J connectivity index is 2.68. The molecular formula is C10H6N2O. The minimum atomic E-state index is 0.703. The molecule has 62 valence electrons. The predicted octanol–water partition coefficient (Wildman–Crippen LogP) is 1.74. The van der Waals surface area contributed by atoms with Gasteiger partial charge in [0.15, 0.2) is 6.29 Å². The van der Waals surface area contributed by atoms with Crippen LogP contribution in [0, 0.1) is 0 Å². The monoisotopic (exact) mass is 170 g/mol. The van der Waals surface area contributed by atoms with Gasteiger partial charge in [-0.15, -0.1) is 0 Å². The molecule has 0 saturated heterocycles. The number of aromatic nitrogens is 2. The minimum absolute atomic E-state index is 0.703. The Hall–Kier alpha value is -1.90. The quantitative estimate of drug-likeness (QED) is 0.521. The standard InChI is InChI=1S/C10H6N2O/c13-6-7-4-10-11-5-8-2-1-3-9(7)12(8)10/h1-6H. The van der Waals surface area contributed by atoms with E-state index in [9.17, 15) is 4.79 Å². The number of aldehydes is 1. The fourth-order valence-corrected chi connectivity index (χ4v) is 1.71. The van der Waals surface area contributed by atoms with Crippen LogP contribution in [0.25, 0.3) is 16.7 Å². The maximum atomic E-state index is 10.7. The van der Waals surface area contributed by atoms with Crippen molar-refractivity contribution in [2.75, 3.05) is 0 Å². The number of rotatable bonds is 1. The molecule has 3 nitrogen and oxygen atoms in total. The predicted molar refractivity (Wildman–Crippen MR) is 49.3 cm³/mol. The molecule has 0 radical (unpaired) electrons. The highest BCUT2D eigenvalue weighted by molar-refractivity contribution is 5.91. The van der Waals surface area contributed by atoms with Crippen molar-refractivity contribution in [2.45, 2.75) is 0 Å². The van der Waals surface area contributed by atoms with Crippen LogP contribution in [-0.4, -0.2) is 15.7 Å². The fraction of sp³-hybridized carbons (Fsp3) is 0. The second-order valence-corrected chi connectivity index (χ2v) is 3.01. The van der Waals surface area contributed by atoms with E-state index < -0.39 is 0 Å². The first-order chi connectivity index (χ1) is 6.40. The molecule has 3 rings (SSSR count). The van der Waals surface area contributed by atoms with Crippen molar-refractivity contribution in [2.24, 2.45) is 0 Å². The van der Waals surface area contributed by atoms with Crippen LogP contribution in [0.1, 0.15) is 10.4 Å². The summed E-state index contributed by atoms with van der Waals surface area (Å²) in [7, 11) is 0. The van der Waals surface area contributed by atoms with Gasteiger partial charge in [0.25, 0.3) is 0 Å². The number of hydrogen-bond donors (Lipinski definition) is 0. The normalized spacial score (nSPS) is 11.4. The molecule has 3 heterocycles. The van der Waals surface area contributed by atoms with E-state index in [-0.39, 0.29) is 0 Å². The van der Waals surface area contributed by atoms with E-state index in [0.29, 0.717) is 5.56 Å². The summed E-state index contributed by atoms with van der Waals surface area (Å²) < 4.78 is 1.98. The van der Waals surface area contributed by atoms with Gasteiger partial charge < -0.3 is 0 Å². The van der Waals surface area contributed by atoms with Crippen molar-refractivity contribution in [1.82, 2.24) is 9.38 Å². The van der Waals surface area contributed by atoms with E-state index in [0.717, 1.165) is 23.0 Å². The van der Waals surface area contributed by atoms with Gasteiger partial charge in [-0.1, -0.05) is 6.07 Å². The van der Waals surface area contributed by atoms with E-state index in [1.54, 1.807) is 12.3 Å². The summed E-state index contributed by atoms with van der Waals surface area (Å²) in [5.74, 6) is 0. The molecule has 0 amide bonds. The molecule has 0 aromatic carbocycles. The summed E-state index contributed by atoms with van der Waals surface area (Å²) in [5.41, 5.74) is 3.50. The lowest BCUT2D eigenvalue weighted by atomic mass is 10.3. The number of nitrogens with zero attached hydrogens (tertiary/aromatic N) is 2. The number of hydrogen-bond acceptors (Lipinski definition) is 2. The number of carbonyl (C=O) groups is 1. The van der Waals surface area contributed by atoms with Crippen molar-refractivity contribution in [3.63, 3.8) is 0 Å². The molecule has 0 aliphatic carbocycles. The van der Waals surface area contributed by atoms with Gasteiger partial charge in [-0.25, -0.2) is 4.98 Å². The fourth-order valence-electron chi connectivity index (χ4n) is 1.71. The Morgan fingerprint density at radius 2 is 2.31 bits per heavy atom. The van der Waals surface area contributed by atoms with Gasteiger partial charge in [0.05, 0.1) is 17.2 Å². The molecule has 0 fully saturated rings. The Bertz CT molecular complexity index is 577. The molecular weight excluding hydrogens is 164 g/mol. The first-order valence-electron chi connectivity index (χ1n) is 4.04. The lowest BCUT2D eigenvalue weighted by molar-refractivity contribution is 0.112. The minimum Gasteiger partial charge on any atom is -0.298 e. The lowest BCUT2D eigenvalue weighted by Gasteiger charge is -1.93. The van der Waals surface area contributed by atoms with Gasteiger partial charge in [-0.05, 0) is 18.2 Å². The van der Waals surface area contributed by atoms with E-state index in [2.05, 4.69) is 4.98 Å². The summed E-state index contributed by atoms with van der Waals surface area (Å²) in [4.78, 5) is 14.9. The molecule has 0 atom stereocenters. The molecule has 0 saturated carbocycles. The first kappa shape index (κ1) is 6.60. The van der Waals surface area contributed by atoms with Crippen LogP contribution >= 0.6 is 0 Å². The van der Waals surface area contributed by atoms with Crippen LogP contribution in [0.15, 0.2) is 30.5 Å². The van der Waals surface area contributed by atoms with E-state index in [1.165, 1.54) is 0 Å². The Kier molecular flexibility index (Phi) is 1.05. The van der Waals surface area contributed by atoms with Crippen LogP contribution in [0.5, 0.6) is 0 Å². The smallest absolute Gasteiger partial charge is 0.152 e. The van der Waals surface area contributed by atoms with Crippen LogP contribution in [0.2, 0.25) is 0 Å². The number of imidazole rings is 1. The van der Waals surface area contributed by atoms with Gasteiger partial charge >= 0.3 is 0 Å². The molecule has 0 unspecified atom stereocenters. The van der Waals surface area contributed by atoms with Gasteiger partial charge in [-0.3, -0.25) is 9.20 Å².